The lowest BCUT2D eigenvalue weighted by molar-refractivity contribution is -0.117. The van der Waals surface area contributed by atoms with Crippen molar-refractivity contribution in [1.29, 1.82) is 0 Å². The molecule has 1 rings (SSSR count). The minimum absolute atomic E-state index is 0.162. The molecule has 0 heterocycles. The van der Waals surface area contributed by atoms with E-state index in [4.69, 9.17) is 4.74 Å². The smallest absolute Gasteiger partial charge is 0.133 e. The molecule has 2 heteroatoms. The zero-order valence-electron chi connectivity index (χ0n) is 8.96. The van der Waals surface area contributed by atoms with Gasteiger partial charge in [0.05, 0.1) is 6.61 Å². The van der Waals surface area contributed by atoms with Gasteiger partial charge in [-0.05, 0) is 38.0 Å². The summed E-state index contributed by atoms with van der Waals surface area (Å²) in [4.78, 5) is 10.7. The predicted molar refractivity (Wildman–Crippen MR) is 56.7 cm³/mol. The van der Waals surface area contributed by atoms with Crippen LogP contribution in [-0.2, 0) is 4.79 Å². The van der Waals surface area contributed by atoms with Crippen molar-refractivity contribution < 1.29 is 9.53 Å². The van der Waals surface area contributed by atoms with E-state index in [-0.39, 0.29) is 5.78 Å². The molecule has 0 radical (unpaired) electrons. The van der Waals surface area contributed by atoms with Gasteiger partial charge in [-0.1, -0.05) is 12.1 Å². The predicted octanol–water partition coefficient (Wildman–Crippen LogP) is 2.66. The van der Waals surface area contributed by atoms with E-state index in [2.05, 4.69) is 0 Å². The van der Waals surface area contributed by atoms with Crippen molar-refractivity contribution >= 4 is 5.78 Å². The van der Waals surface area contributed by atoms with E-state index >= 15 is 0 Å². The molecule has 1 aromatic carbocycles. The highest BCUT2D eigenvalue weighted by Crippen LogP contribution is 2.20. The van der Waals surface area contributed by atoms with Crippen molar-refractivity contribution in [3.8, 4) is 5.75 Å². The summed E-state index contributed by atoms with van der Waals surface area (Å²) in [5, 5.41) is 0. The van der Waals surface area contributed by atoms with Crippen LogP contribution in [0.1, 0.15) is 24.5 Å². The van der Waals surface area contributed by atoms with E-state index in [9.17, 15) is 4.79 Å². The molecule has 0 N–H and O–H groups in total. The minimum atomic E-state index is 0.162. The van der Waals surface area contributed by atoms with Gasteiger partial charge >= 0.3 is 0 Å². The van der Waals surface area contributed by atoms with Crippen LogP contribution >= 0.6 is 0 Å². The normalized spacial score (nSPS) is 9.93. The Morgan fingerprint density at radius 3 is 2.71 bits per heavy atom. The number of ether oxygens (including phenoxy) is 1. The fourth-order valence-corrected chi connectivity index (χ4v) is 1.19. The van der Waals surface area contributed by atoms with E-state index in [0.717, 1.165) is 11.3 Å². The summed E-state index contributed by atoms with van der Waals surface area (Å²) < 4.78 is 5.51. The third-order valence-electron chi connectivity index (χ3n) is 2.27. The average molecular weight is 192 g/mol. The molecule has 0 bridgehead atoms. The molecule has 0 saturated heterocycles. The minimum Gasteiger partial charge on any atom is -0.493 e. The fourth-order valence-electron chi connectivity index (χ4n) is 1.19. The van der Waals surface area contributed by atoms with Gasteiger partial charge in [0, 0.05) is 6.42 Å². The number of ketones is 1. The first-order chi connectivity index (χ1) is 6.61. The number of hydrogen-bond donors (Lipinski definition) is 0. The van der Waals surface area contributed by atoms with Gasteiger partial charge in [0.2, 0.25) is 0 Å². The first-order valence-electron chi connectivity index (χ1n) is 4.79. The lowest BCUT2D eigenvalue weighted by Gasteiger charge is -2.09. The number of aryl methyl sites for hydroxylation is 1. The Hall–Kier alpha value is -1.31. The molecular weight excluding hydrogens is 176 g/mol. The third kappa shape index (κ3) is 2.87. The Labute approximate surface area is 84.9 Å². The van der Waals surface area contributed by atoms with Gasteiger partial charge in [-0.3, -0.25) is 4.79 Å². The van der Waals surface area contributed by atoms with E-state index in [1.807, 2.05) is 32.0 Å². The Bertz CT molecular complexity index is 329. The summed E-state index contributed by atoms with van der Waals surface area (Å²) in [5.74, 6) is 1.04. The molecule has 2 nitrogen and oxygen atoms in total. The first-order valence-corrected chi connectivity index (χ1v) is 4.79. The van der Waals surface area contributed by atoms with Crippen LogP contribution in [0.3, 0.4) is 0 Å². The molecule has 14 heavy (non-hydrogen) atoms. The molecule has 0 aromatic heterocycles. The number of benzene rings is 1. The van der Waals surface area contributed by atoms with Crippen molar-refractivity contribution in [1.82, 2.24) is 0 Å². The van der Waals surface area contributed by atoms with Crippen molar-refractivity contribution in [3.05, 3.63) is 29.3 Å². The van der Waals surface area contributed by atoms with Crippen LogP contribution in [0.2, 0.25) is 0 Å². The van der Waals surface area contributed by atoms with Crippen LogP contribution in [0, 0.1) is 13.8 Å². The second-order valence-corrected chi connectivity index (χ2v) is 3.50. The number of Topliss-reactive ketones (excluding diaryl/α,β-unsaturated/α-hetero) is 1. The zero-order chi connectivity index (χ0) is 10.6. The molecule has 0 atom stereocenters. The molecule has 0 aliphatic rings. The molecule has 0 saturated carbocycles. The molecule has 0 aliphatic heterocycles. The van der Waals surface area contributed by atoms with Crippen LogP contribution in [0.4, 0.5) is 0 Å². The number of carbonyl (C=O) groups excluding carboxylic acids is 1. The van der Waals surface area contributed by atoms with Crippen LogP contribution in [0.5, 0.6) is 5.75 Å². The Balaban J connectivity index is 2.59. The molecule has 0 aliphatic carbocycles. The molecule has 0 fully saturated rings. The van der Waals surface area contributed by atoms with Gasteiger partial charge in [0.25, 0.3) is 0 Å². The SMILES string of the molecule is CC(=O)CCOc1cccc(C)c1C. The van der Waals surface area contributed by atoms with Crippen molar-refractivity contribution in [2.24, 2.45) is 0 Å². The van der Waals surface area contributed by atoms with Gasteiger partial charge in [0.15, 0.2) is 0 Å². The summed E-state index contributed by atoms with van der Waals surface area (Å²) >= 11 is 0. The van der Waals surface area contributed by atoms with Crippen LogP contribution in [-0.4, -0.2) is 12.4 Å². The van der Waals surface area contributed by atoms with Crippen molar-refractivity contribution in [2.75, 3.05) is 6.61 Å². The van der Waals surface area contributed by atoms with Crippen LogP contribution in [0.15, 0.2) is 18.2 Å². The Morgan fingerprint density at radius 2 is 2.07 bits per heavy atom. The maximum Gasteiger partial charge on any atom is 0.133 e. The largest absolute Gasteiger partial charge is 0.493 e. The highest BCUT2D eigenvalue weighted by atomic mass is 16.5. The fraction of sp³-hybridized carbons (Fsp3) is 0.417. The summed E-state index contributed by atoms with van der Waals surface area (Å²) in [5.41, 5.74) is 2.36. The quantitative estimate of drug-likeness (QED) is 0.733. The zero-order valence-corrected chi connectivity index (χ0v) is 8.96. The van der Waals surface area contributed by atoms with Gasteiger partial charge in [-0.25, -0.2) is 0 Å². The van der Waals surface area contributed by atoms with E-state index in [0.29, 0.717) is 13.0 Å². The van der Waals surface area contributed by atoms with E-state index in [1.54, 1.807) is 6.92 Å². The Kier molecular flexibility index (Phi) is 3.69. The van der Waals surface area contributed by atoms with Gasteiger partial charge in [0.1, 0.15) is 11.5 Å². The van der Waals surface area contributed by atoms with Gasteiger partial charge in [-0.15, -0.1) is 0 Å². The standard InChI is InChI=1S/C12H16O2/c1-9-5-4-6-12(11(9)3)14-8-7-10(2)13/h4-6H,7-8H2,1-3H3. The van der Waals surface area contributed by atoms with E-state index < -0.39 is 0 Å². The monoisotopic (exact) mass is 192 g/mol. The number of rotatable bonds is 4. The Morgan fingerprint density at radius 1 is 1.36 bits per heavy atom. The lowest BCUT2D eigenvalue weighted by atomic mass is 10.1. The molecule has 0 spiro atoms. The van der Waals surface area contributed by atoms with E-state index in [1.165, 1.54) is 5.56 Å². The molecule has 0 amide bonds. The first kappa shape index (κ1) is 10.8. The maximum absolute atomic E-state index is 10.7. The summed E-state index contributed by atoms with van der Waals surface area (Å²) in [6, 6.07) is 5.95. The van der Waals surface area contributed by atoms with Gasteiger partial charge < -0.3 is 4.74 Å². The number of carbonyl (C=O) groups is 1. The highest BCUT2D eigenvalue weighted by Gasteiger charge is 2.01. The van der Waals surface area contributed by atoms with Gasteiger partial charge in [-0.2, -0.15) is 0 Å². The summed E-state index contributed by atoms with van der Waals surface area (Å²) in [7, 11) is 0. The van der Waals surface area contributed by atoms with Crippen molar-refractivity contribution in [3.63, 3.8) is 0 Å². The number of hydrogen-bond acceptors (Lipinski definition) is 2. The van der Waals surface area contributed by atoms with Crippen LogP contribution < -0.4 is 4.74 Å². The topological polar surface area (TPSA) is 26.3 Å². The third-order valence-corrected chi connectivity index (χ3v) is 2.27. The maximum atomic E-state index is 10.7. The molecule has 1 aromatic rings. The highest BCUT2D eigenvalue weighted by molar-refractivity contribution is 5.75. The average Bonchev–Trinajstić information content (AvgIpc) is 2.12. The summed E-state index contributed by atoms with van der Waals surface area (Å²) in [6.45, 7) is 6.12. The van der Waals surface area contributed by atoms with Crippen molar-refractivity contribution in [2.45, 2.75) is 27.2 Å². The van der Waals surface area contributed by atoms with Crippen LogP contribution in [0.25, 0.3) is 0 Å². The molecular formula is C12H16O2. The molecule has 76 valence electrons. The lowest BCUT2D eigenvalue weighted by Crippen LogP contribution is -2.03. The second-order valence-electron chi connectivity index (χ2n) is 3.50. The second kappa shape index (κ2) is 4.80. The molecule has 0 unspecified atom stereocenters. The summed E-state index contributed by atoms with van der Waals surface area (Å²) in [6.07, 6.45) is 0.480.